The van der Waals surface area contributed by atoms with Crippen molar-refractivity contribution in [1.82, 2.24) is 15.1 Å². The third-order valence-corrected chi connectivity index (χ3v) is 4.56. The lowest BCUT2D eigenvalue weighted by Gasteiger charge is -2.30. The van der Waals surface area contributed by atoms with Crippen molar-refractivity contribution in [3.8, 4) is 0 Å². The summed E-state index contributed by atoms with van der Waals surface area (Å²) in [5.41, 5.74) is 0. The zero-order chi connectivity index (χ0) is 17.5. The average molecular weight is 354 g/mol. The molecule has 1 aliphatic rings. The van der Waals surface area contributed by atoms with E-state index in [2.05, 4.69) is 15.5 Å². The summed E-state index contributed by atoms with van der Waals surface area (Å²) in [4.78, 5) is 37.4. The molecule has 24 heavy (non-hydrogen) atoms. The number of amides is 2. The van der Waals surface area contributed by atoms with Gasteiger partial charge in [0.1, 0.15) is 5.01 Å². The molecule has 0 unspecified atom stereocenters. The van der Waals surface area contributed by atoms with E-state index in [1.165, 1.54) is 11.3 Å². The summed E-state index contributed by atoms with van der Waals surface area (Å²) in [6.07, 6.45) is 1.48. The van der Waals surface area contributed by atoms with Gasteiger partial charge in [0.2, 0.25) is 16.9 Å². The number of hydrogen-bond acceptors (Lipinski definition) is 7. The first-order valence-electron chi connectivity index (χ1n) is 8.04. The van der Waals surface area contributed by atoms with Crippen molar-refractivity contribution in [2.75, 3.05) is 25.0 Å². The van der Waals surface area contributed by atoms with E-state index in [9.17, 15) is 14.4 Å². The number of nitrogens with one attached hydrogen (secondary N) is 1. The zero-order valence-electron chi connectivity index (χ0n) is 13.9. The normalized spacial score (nSPS) is 15.2. The number of rotatable bonds is 6. The van der Waals surface area contributed by atoms with E-state index in [0.717, 1.165) is 5.01 Å². The highest BCUT2D eigenvalue weighted by atomic mass is 32.1. The highest BCUT2D eigenvalue weighted by molar-refractivity contribution is 7.15. The molecule has 9 heteroatoms. The van der Waals surface area contributed by atoms with Crippen LogP contribution in [0.5, 0.6) is 0 Å². The van der Waals surface area contributed by atoms with Crippen LogP contribution in [0.4, 0.5) is 5.13 Å². The van der Waals surface area contributed by atoms with Crippen LogP contribution in [0.2, 0.25) is 0 Å². The van der Waals surface area contributed by atoms with E-state index < -0.39 is 0 Å². The molecule has 2 heterocycles. The second kappa shape index (κ2) is 8.72. The zero-order valence-corrected chi connectivity index (χ0v) is 14.7. The molecule has 1 aliphatic heterocycles. The quantitative estimate of drug-likeness (QED) is 0.774. The van der Waals surface area contributed by atoms with E-state index in [-0.39, 0.29) is 36.5 Å². The Kier molecular flexibility index (Phi) is 6.65. The van der Waals surface area contributed by atoms with E-state index in [4.69, 9.17) is 4.74 Å². The van der Waals surface area contributed by atoms with Crippen molar-refractivity contribution < 1.29 is 19.1 Å². The Balaban J connectivity index is 1.69. The van der Waals surface area contributed by atoms with E-state index in [0.29, 0.717) is 37.7 Å². The molecule has 1 saturated heterocycles. The fraction of sp³-hybridized carbons (Fsp3) is 0.667. The minimum atomic E-state index is -0.249. The van der Waals surface area contributed by atoms with Crippen molar-refractivity contribution in [1.29, 1.82) is 0 Å². The molecule has 0 bridgehead atoms. The summed E-state index contributed by atoms with van der Waals surface area (Å²) in [6, 6.07) is 0. The molecule has 0 aromatic carbocycles. The smallest absolute Gasteiger partial charge is 0.309 e. The number of anilines is 1. The van der Waals surface area contributed by atoms with Gasteiger partial charge in [0.15, 0.2) is 0 Å². The van der Waals surface area contributed by atoms with Crippen LogP contribution in [-0.4, -0.2) is 52.6 Å². The number of hydrogen-bond donors (Lipinski definition) is 1. The number of piperidine rings is 1. The summed E-state index contributed by atoms with van der Waals surface area (Å²) in [5, 5.41) is 11.5. The molecule has 2 amide bonds. The maximum Gasteiger partial charge on any atom is 0.309 e. The number of aryl methyl sites for hydroxylation is 1. The van der Waals surface area contributed by atoms with Crippen molar-refractivity contribution in [3.63, 3.8) is 0 Å². The van der Waals surface area contributed by atoms with Crippen LogP contribution in [0.3, 0.4) is 0 Å². The van der Waals surface area contributed by atoms with Gasteiger partial charge in [0.25, 0.3) is 0 Å². The predicted molar refractivity (Wildman–Crippen MR) is 88.4 cm³/mol. The minimum Gasteiger partial charge on any atom is -0.466 e. The molecule has 8 nitrogen and oxygen atoms in total. The van der Waals surface area contributed by atoms with Gasteiger partial charge in [-0.3, -0.25) is 14.4 Å². The Labute approximate surface area is 144 Å². The molecule has 1 aromatic rings. The molecule has 2 rings (SSSR count). The average Bonchev–Trinajstić information content (AvgIpc) is 2.98. The first-order chi connectivity index (χ1) is 11.5. The number of likely N-dealkylation sites (tertiary alicyclic amines) is 1. The van der Waals surface area contributed by atoms with Crippen LogP contribution < -0.4 is 5.32 Å². The predicted octanol–water partition coefficient (Wildman–Crippen LogP) is 1.37. The Bertz CT molecular complexity index is 596. The summed E-state index contributed by atoms with van der Waals surface area (Å²) < 4.78 is 5.01. The lowest BCUT2D eigenvalue weighted by molar-refractivity contribution is -0.151. The third kappa shape index (κ3) is 5.26. The third-order valence-electron chi connectivity index (χ3n) is 3.81. The largest absolute Gasteiger partial charge is 0.466 e. The van der Waals surface area contributed by atoms with Crippen molar-refractivity contribution >= 4 is 34.3 Å². The van der Waals surface area contributed by atoms with Crippen molar-refractivity contribution in [2.24, 2.45) is 5.92 Å². The monoisotopic (exact) mass is 354 g/mol. The van der Waals surface area contributed by atoms with Gasteiger partial charge < -0.3 is 15.0 Å². The van der Waals surface area contributed by atoms with Crippen molar-refractivity contribution in [2.45, 2.75) is 39.5 Å². The van der Waals surface area contributed by atoms with Gasteiger partial charge in [-0.15, -0.1) is 10.2 Å². The van der Waals surface area contributed by atoms with Crippen molar-refractivity contribution in [3.05, 3.63) is 5.01 Å². The number of carbonyl (C=O) groups excluding carboxylic acids is 3. The van der Waals surface area contributed by atoms with Gasteiger partial charge in [-0.1, -0.05) is 11.3 Å². The van der Waals surface area contributed by atoms with Crippen LogP contribution in [0, 0.1) is 12.8 Å². The molecule has 0 aliphatic carbocycles. The lowest BCUT2D eigenvalue weighted by atomic mass is 9.96. The molecule has 132 valence electrons. The number of esters is 1. The second-order valence-electron chi connectivity index (χ2n) is 5.58. The van der Waals surface area contributed by atoms with Crippen LogP contribution in [0.1, 0.15) is 37.6 Å². The molecule has 0 spiro atoms. The minimum absolute atomic E-state index is 0.0686. The van der Waals surface area contributed by atoms with E-state index in [1.54, 1.807) is 18.7 Å². The van der Waals surface area contributed by atoms with Crippen LogP contribution in [-0.2, 0) is 19.1 Å². The number of carbonyl (C=O) groups is 3. The number of ether oxygens (including phenoxy) is 1. The van der Waals surface area contributed by atoms with Gasteiger partial charge in [0.05, 0.1) is 12.5 Å². The molecule has 0 radical (unpaired) electrons. The summed E-state index contributed by atoms with van der Waals surface area (Å²) in [7, 11) is 0. The number of aromatic nitrogens is 2. The fourth-order valence-corrected chi connectivity index (χ4v) is 3.14. The SMILES string of the molecule is CCOC(=O)C1CCN(C(=O)CCC(=O)Nc2nnc(C)s2)CC1. The first kappa shape index (κ1) is 18.3. The molecular formula is C15H22N4O4S. The van der Waals surface area contributed by atoms with Gasteiger partial charge in [0, 0.05) is 25.9 Å². The van der Waals surface area contributed by atoms with Crippen LogP contribution in [0.25, 0.3) is 0 Å². The van der Waals surface area contributed by atoms with Gasteiger partial charge in [-0.25, -0.2) is 0 Å². The van der Waals surface area contributed by atoms with Gasteiger partial charge >= 0.3 is 5.97 Å². The maximum atomic E-state index is 12.2. The Hall–Kier alpha value is -2.03. The lowest BCUT2D eigenvalue weighted by Crippen LogP contribution is -2.40. The summed E-state index contributed by atoms with van der Waals surface area (Å²) in [5.74, 6) is -0.629. The maximum absolute atomic E-state index is 12.2. The molecule has 0 saturated carbocycles. The van der Waals surface area contributed by atoms with Crippen LogP contribution in [0.15, 0.2) is 0 Å². The van der Waals surface area contributed by atoms with E-state index >= 15 is 0 Å². The highest BCUT2D eigenvalue weighted by Crippen LogP contribution is 2.20. The number of nitrogens with zero attached hydrogens (tertiary/aromatic N) is 3. The Morgan fingerprint density at radius 2 is 1.96 bits per heavy atom. The summed E-state index contributed by atoms with van der Waals surface area (Å²) in [6.45, 7) is 5.02. The second-order valence-corrected chi connectivity index (χ2v) is 6.76. The topological polar surface area (TPSA) is 101 Å². The summed E-state index contributed by atoms with van der Waals surface area (Å²) >= 11 is 1.29. The Morgan fingerprint density at radius 3 is 2.54 bits per heavy atom. The van der Waals surface area contributed by atoms with Gasteiger partial charge in [-0.2, -0.15) is 0 Å². The standard InChI is InChI=1S/C15H22N4O4S/c1-3-23-14(22)11-6-8-19(9-7-11)13(21)5-4-12(20)16-15-18-17-10(2)24-15/h11H,3-9H2,1-2H3,(H,16,18,20). The van der Waals surface area contributed by atoms with Crippen LogP contribution >= 0.6 is 11.3 Å². The molecule has 0 atom stereocenters. The highest BCUT2D eigenvalue weighted by Gasteiger charge is 2.28. The van der Waals surface area contributed by atoms with Gasteiger partial charge in [-0.05, 0) is 26.7 Å². The molecule has 1 fully saturated rings. The Morgan fingerprint density at radius 1 is 1.25 bits per heavy atom. The van der Waals surface area contributed by atoms with E-state index in [1.807, 2.05) is 0 Å². The fourth-order valence-electron chi connectivity index (χ4n) is 2.53. The molecular weight excluding hydrogens is 332 g/mol. The first-order valence-corrected chi connectivity index (χ1v) is 8.85. The molecule has 1 aromatic heterocycles. The molecule has 1 N–H and O–H groups in total.